The SMILES string of the molecule is c1ccc(C2(c3ccccc3)C3CCN(CCc4ccc5c(c4)CCO5)CON32)cc1. The summed E-state index contributed by atoms with van der Waals surface area (Å²) in [6.07, 6.45) is 3.18. The average Bonchev–Trinajstić information content (AvgIpc) is 3.32. The Balaban J connectivity index is 1.16. The van der Waals surface area contributed by atoms with Gasteiger partial charge in [0.25, 0.3) is 0 Å². The van der Waals surface area contributed by atoms with Gasteiger partial charge in [-0.05, 0) is 41.2 Å². The van der Waals surface area contributed by atoms with Crippen molar-refractivity contribution in [1.29, 1.82) is 0 Å². The second-order valence-corrected chi connectivity index (χ2v) is 8.80. The predicted octanol–water partition coefficient (Wildman–Crippen LogP) is 4.39. The molecule has 0 N–H and O–H groups in total. The molecule has 0 radical (unpaired) electrons. The third-order valence-corrected chi connectivity index (χ3v) is 7.04. The van der Waals surface area contributed by atoms with Crippen molar-refractivity contribution in [2.45, 2.75) is 30.8 Å². The Kier molecular flexibility index (Phi) is 4.79. The van der Waals surface area contributed by atoms with Gasteiger partial charge in [0.2, 0.25) is 0 Å². The zero-order valence-electron chi connectivity index (χ0n) is 17.7. The van der Waals surface area contributed by atoms with Gasteiger partial charge in [0.1, 0.15) is 18.0 Å². The van der Waals surface area contributed by atoms with E-state index in [0.717, 1.165) is 44.7 Å². The van der Waals surface area contributed by atoms with Crippen molar-refractivity contribution in [3.8, 4) is 5.75 Å². The number of rotatable bonds is 5. The Hall–Kier alpha value is -2.66. The zero-order valence-corrected chi connectivity index (χ0v) is 17.7. The molecule has 0 saturated carbocycles. The molecule has 6 rings (SSSR count). The highest BCUT2D eigenvalue weighted by molar-refractivity contribution is 5.47. The van der Waals surface area contributed by atoms with Crippen molar-refractivity contribution in [1.82, 2.24) is 9.96 Å². The molecular formula is C27H28N2O2. The monoisotopic (exact) mass is 412 g/mol. The zero-order chi connectivity index (χ0) is 20.7. The molecule has 0 bridgehead atoms. The minimum atomic E-state index is -0.158. The second kappa shape index (κ2) is 7.79. The van der Waals surface area contributed by atoms with Crippen molar-refractivity contribution in [3.63, 3.8) is 0 Å². The van der Waals surface area contributed by atoms with E-state index in [-0.39, 0.29) is 5.54 Å². The Morgan fingerprint density at radius 2 is 1.65 bits per heavy atom. The number of nitrogens with zero attached hydrogens (tertiary/aromatic N) is 2. The van der Waals surface area contributed by atoms with Crippen LogP contribution in [0.15, 0.2) is 78.9 Å². The lowest BCUT2D eigenvalue weighted by Crippen LogP contribution is -2.32. The Bertz CT molecular complexity index is 998. The van der Waals surface area contributed by atoms with Crippen molar-refractivity contribution >= 4 is 0 Å². The normalized spacial score (nSPS) is 24.0. The minimum Gasteiger partial charge on any atom is -0.493 e. The lowest BCUT2D eigenvalue weighted by molar-refractivity contribution is -0.128. The van der Waals surface area contributed by atoms with Gasteiger partial charge in [-0.1, -0.05) is 72.8 Å². The highest BCUT2D eigenvalue weighted by Crippen LogP contribution is 2.57. The largest absolute Gasteiger partial charge is 0.493 e. The molecule has 2 unspecified atom stereocenters. The second-order valence-electron chi connectivity index (χ2n) is 8.80. The van der Waals surface area contributed by atoms with Crippen LogP contribution in [0.3, 0.4) is 0 Å². The molecule has 4 heteroatoms. The average molecular weight is 413 g/mol. The van der Waals surface area contributed by atoms with Gasteiger partial charge in [-0.2, -0.15) is 5.06 Å². The maximum absolute atomic E-state index is 6.42. The number of hydroxylamine groups is 2. The third-order valence-electron chi connectivity index (χ3n) is 7.04. The first-order chi connectivity index (χ1) is 15.4. The van der Waals surface area contributed by atoms with E-state index in [0.29, 0.717) is 12.8 Å². The highest BCUT2D eigenvalue weighted by atomic mass is 16.7. The van der Waals surface area contributed by atoms with E-state index in [1.807, 2.05) is 0 Å². The van der Waals surface area contributed by atoms with Gasteiger partial charge in [-0.25, -0.2) is 0 Å². The molecule has 0 aromatic heterocycles. The van der Waals surface area contributed by atoms with Gasteiger partial charge in [-0.15, -0.1) is 0 Å². The van der Waals surface area contributed by atoms with Crippen molar-refractivity contribution in [2.24, 2.45) is 0 Å². The lowest BCUT2D eigenvalue weighted by atomic mass is 9.86. The van der Waals surface area contributed by atoms with E-state index in [1.54, 1.807) is 0 Å². The van der Waals surface area contributed by atoms with Crippen LogP contribution < -0.4 is 4.74 Å². The molecule has 158 valence electrons. The smallest absolute Gasteiger partial charge is 0.122 e. The van der Waals surface area contributed by atoms with Gasteiger partial charge in [0, 0.05) is 19.5 Å². The van der Waals surface area contributed by atoms with Crippen LogP contribution in [0.2, 0.25) is 0 Å². The molecule has 3 aliphatic heterocycles. The van der Waals surface area contributed by atoms with Gasteiger partial charge >= 0.3 is 0 Å². The summed E-state index contributed by atoms with van der Waals surface area (Å²) in [7, 11) is 0. The van der Waals surface area contributed by atoms with Crippen LogP contribution in [-0.4, -0.2) is 42.4 Å². The molecule has 0 spiro atoms. The van der Waals surface area contributed by atoms with Gasteiger partial charge < -0.3 is 4.74 Å². The molecule has 0 amide bonds. The molecule has 2 fully saturated rings. The molecular weight excluding hydrogens is 384 g/mol. The number of ether oxygens (including phenoxy) is 1. The minimum absolute atomic E-state index is 0.158. The number of hydrogen-bond donors (Lipinski definition) is 0. The standard InChI is InChI=1S/C27H28N2O2/c1-3-7-23(8-4-1)27(24-9-5-2-6-10-24)26-14-17-28(20-31-29(26)27)16-13-21-11-12-25-22(19-21)15-18-30-25/h1-12,19,26H,13-18,20H2. The van der Waals surface area contributed by atoms with E-state index in [4.69, 9.17) is 9.57 Å². The maximum atomic E-state index is 6.42. The Labute approximate surface area is 184 Å². The lowest BCUT2D eigenvalue weighted by Gasteiger charge is -2.25. The van der Waals surface area contributed by atoms with Crippen LogP contribution in [0.5, 0.6) is 5.75 Å². The number of benzene rings is 3. The van der Waals surface area contributed by atoms with Gasteiger partial charge in [0.05, 0.1) is 12.6 Å². The molecule has 2 atom stereocenters. The quantitative estimate of drug-likeness (QED) is 0.581. The van der Waals surface area contributed by atoms with Crippen LogP contribution in [0.25, 0.3) is 0 Å². The molecule has 3 heterocycles. The Morgan fingerprint density at radius 1 is 0.903 bits per heavy atom. The van der Waals surface area contributed by atoms with Crippen LogP contribution in [0.4, 0.5) is 0 Å². The van der Waals surface area contributed by atoms with Crippen LogP contribution in [0, 0.1) is 0 Å². The topological polar surface area (TPSA) is 24.7 Å². The summed E-state index contributed by atoms with van der Waals surface area (Å²) < 4.78 is 5.64. The number of hydrogen-bond acceptors (Lipinski definition) is 4. The summed E-state index contributed by atoms with van der Waals surface area (Å²) in [5, 5.41) is 2.24. The summed E-state index contributed by atoms with van der Waals surface area (Å²) in [5.74, 6) is 1.06. The van der Waals surface area contributed by atoms with Crippen LogP contribution >= 0.6 is 0 Å². The number of fused-ring (bicyclic) bond motifs is 2. The van der Waals surface area contributed by atoms with E-state index in [9.17, 15) is 0 Å². The van der Waals surface area contributed by atoms with E-state index in [2.05, 4.69) is 88.8 Å². The fourth-order valence-corrected chi connectivity index (χ4v) is 5.40. The first-order valence-electron chi connectivity index (χ1n) is 11.4. The summed E-state index contributed by atoms with van der Waals surface area (Å²) in [6.45, 7) is 3.53. The third kappa shape index (κ3) is 3.26. The molecule has 2 saturated heterocycles. The molecule has 3 aliphatic rings. The molecule has 3 aromatic carbocycles. The van der Waals surface area contributed by atoms with Crippen LogP contribution in [-0.2, 0) is 23.2 Å². The first-order valence-corrected chi connectivity index (χ1v) is 11.4. The first kappa shape index (κ1) is 19.1. The fourth-order valence-electron chi connectivity index (χ4n) is 5.40. The molecule has 4 nitrogen and oxygen atoms in total. The van der Waals surface area contributed by atoms with Gasteiger partial charge in [-0.3, -0.25) is 9.74 Å². The Morgan fingerprint density at radius 3 is 2.39 bits per heavy atom. The molecule has 3 aromatic rings. The summed E-state index contributed by atoms with van der Waals surface area (Å²) in [4.78, 5) is 8.86. The van der Waals surface area contributed by atoms with E-state index in [1.165, 1.54) is 22.3 Å². The molecule has 0 aliphatic carbocycles. The van der Waals surface area contributed by atoms with E-state index >= 15 is 0 Å². The van der Waals surface area contributed by atoms with Crippen molar-refractivity contribution < 1.29 is 9.57 Å². The van der Waals surface area contributed by atoms with Crippen molar-refractivity contribution in [3.05, 3.63) is 101 Å². The van der Waals surface area contributed by atoms with E-state index < -0.39 is 0 Å². The summed E-state index contributed by atoms with van der Waals surface area (Å²) in [5.41, 5.74) is 5.23. The maximum Gasteiger partial charge on any atom is 0.122 e. The van der Waals surface area contributed by atoms with Crippen molar-refractivity contribution in [2.75, 3.05) is 26.4 Å². The highest BCUT2D eigenvalue weighted by Gasteiger charge is 2.66. The van der Waals surface area contributed by atoms with Crippen LogP contribution in [0.1, 0.15) is 28.7 Å². The summed E-state index contributed by atoms with van der Waals surface area (Å²) >= 11 is 0. The molecule has 31 heavy (non-hydrogen) atoms. The summed E-state index contributed by atoms with van der Waals surface area (Å²) in [6, 6.07) is 28.7. The predicted molar refractivity (Wildman–Crippen MR) is 121 cm³/mol. The van der Waals surface area contributed by atoms with Gasteiger partial charge in [0.15, 0.2) is 0 Å². The fraction of sp³-hybridized carbons (Fsp3) is 0.333.